The van der Waals surface area contributed by atoms with Gasteiger partial charge in [0.25, 0.3) is 0 Å². The van der Waals surface area contributed by atoms with E-state index in [2.05, 4.69) is 5.32 Å². The van der Waals surface area contributed by atoms with Gasteiger partial charge in [-0.3, -0.25) is 0 Å². The highest BCUT2D eigenvalue weighted by Crippen LogP contribution is 2.13. The lowest BCUT2D eigenvalue weighted by Crippen LogP contribution is -2.37. The molecule has 0 fully saturated rings. The number of carboxylic acid groups (broad SMARTS) is 1. The maximum Gasteiger partial charge on any atom is 0.328 e. The molecule has 108 valence electrons. The van der Waals surface area contributed by atoms with Gasteiger partial charge < -0.3 is 15.3 Å². The van der Waals surface area contributed by atoms with Crippen LogP contribution in [0.25, 0.3) is 6.08 Å². The molecule has 0 aliphatic rings. The number of urea groups is 1. The molecule has 20 heavy (non-hydrogen) atoms. The minimum atomic E-state index is -1.00. The summed E-state index contributed by atoms with van der Waals surface area (Å²) in [6.45, 7) is 4.00. The quantitative estimate of drug-likeness (QED) is 0.812. The van der Waals surface area contributed by atoms with E-state index in [1.165, 1.54) is 6.08 Å². The summed E-state index contributed by atoms with van der Waals surface area (Å²) in [7, 11) is 1.75. The molecule has 0 aliphatic heterocycles. The first-order valence-corrected chi connectivity index (χ1v) is 6.49. The van der Waals surface area contributed by atoms with Gasteiger partial charge in [-0.25, -0.2) is 9.59 Å². The molecule has 1 aromatic carbocycles. The number of benzene rings is 1. The van der Waals surface area contributed by atoms with Gasteiger partial charge in [-0.15, -0.1) is 0 Å². The first-order valence-electron chi connectivity index (χ1n) is 6.49. The van der Waals surface area contributed by atoms with Gasteiger partial charge in [0.2, 0.25) is 0 Å². The zero-order valence-electron chi connectivity index (χ0n) is 12.0. The van der Waals surface area contributed by atoms with Gasteiger partial charge in [0.1, 0.15) is 0 Å². The van der Waals surface area contributed by atoms with E-state index in [4.69, 9.17) is 5.11 Å². The molecule has 0 spiro atoms. The number of hydrogen-bond acceptors (Lipinski definition) is 2. The van der Waals surface area contributed by atoms with Gasteiger partial charge in [-0.2, -0.15) is 0 Å². The summed E-state index contributed by atoms with van der Waals surface area (Å²) in [6.07, 6.45) is 3.42. The van der Waals surface area contributed by atoms with Crippen molar-refractivity contribution < 1.29 is 14.7 Å². The highest BCUT2D eigenvalue weighted by atomic mass is 16.4. The first kappa shape index (κ1) is 15.8. The van der Waals surface area contributed by atoms with Gasteiger partial charge in [0.15, 0.2) is 0 Å². The van der Waals surface area contributed by atoms with Crippen molar-refractivity contribution in [2.45, 2.75) is 26.3 Å². The zero-order valence-corrected chi connectivity index (χ0v) is 12.0. The molecule has 1 rings (SSSR count). The summed E-state index contributed by atoms with van der Waals surface area (Å²) in [6, 6.07) is 7.00. The SMILES string of the molecule is CCC(C)N(C)C(=O)Nc1cccc(/C=C/C(=O)O)c1. The Morgan fingerprint density at radius 2 is 2.15 bits per heavy atom. The summed E-state index contributed by atoms with van der Waals surface area (Å²) in [5.41, 5.74) is 1.36. The number of nitrogens with one attached hydrogen (secondary N) is 1. The normalized spacial score (nSPS) is 12.2. The average Bonchev–Trinajstić information content (AvgIpc) is 2.43. The molecule has 1 atom stereocenters. The van der Waals surface area contributed by atoms with E-state index in [1.807, 2.05) is 13.8 Å². The first-order chi connectivity index (χ1) is 9.43. The van der Waals surface area contributed by atoms with Crippen molar-refractivity contribution in [2.75, 3.05) is 12.4 Å². The molecular formula is C15H20N2O3. The second-order valence-electron chi connectivity index (χ2n) is 4.60. The number of nitrogens with zero attached hydrogens (tertiary/aromatic N) is 1. The molecule has 0 saturated carbocycles. The number of carbonyl (C=O) groups is 2. The van der Waals surface area contributed by atoms with E-state index in [0.717, 1.165) is 18.1 Å². The molecule has 0 saturated heterocycles. The van der Waals surface area contributed by atoms with Crippen molar-refractivity contribution in [2.24, 2.45) is 0 Å². The Morgan fingerprint density at radius 1 is 1.45 bits per heavy atom. The van der Waals surface area contributed by atoms with Crippen LogP contribution in [0.2, 0.25) is 0 Å². The highest BCUT2D eigenvalue weighted by molar-refractivity contribution is 5.90. The van der Waals surface area contributed by atoms with Crippen LogP contribution >= 0.6 is 0 Å². The predicted molar refractivity (Wildman–Crippen MR) is 79.6 cm³/mol. The van der Waals surface area contributed by atoms with Crippen LogP contribution in [-0.4, -0.2) is 35.1 Å². The average molecular weight is 276 g/mol. The van der Waals surface area contributed by atoms with E-state index >= 15 is 0 Å². The molecular weight excluding hydrogens is 256 g/mol. The summed E-state index contributed by atoms with van der Waals surface area (Å²) in [5, 5.41) is 11.4. The van der Waals surface area contributed by atoms with E-state index in [9.17, 15) is 9.59 Å². The largest absolute Gasteiger partial charge is 0.478 e. The van der Waals surface area contributed by atoms with Gasteiger partial charge in [0.05, 0.1) is 0 Å². The van der Waals surface area contributed by atoms with Crippen LogP contribution in [0.15, 0.2) is 30.3 Å². The Labute approximate surface area is 118 Å². The Balaban J connectivity index is 2.76. The monoisotopic (exact) mass is 276 g/mol. The number of amides is 2. The number of aliphatic carboxylic acids is 1. The lowest BCUT2D eigenvalue weighted by Gasteiger charge is -2.24. The minimum absolute atomic E-state index is 0.157. The molecule has 5 nitrogen and oxygen atoms in total. The predicted octanol–water partition coefficient (Wildman–Crippen LogP) is 3.05. The standard InChI is InChI=1S/C15H20N2O3/c1-4-11(2)17(3)15(20)16-13-7-5-6-12(10-13)8-9-14(18)19/h5-11H,4H2,1-3H3,(H,16,20)(H,18,19)/b9-8+. The van der Waals surface area contributed by atoms with Crippen LogP contribution in [0.1, 0.15) is 25.8 Å². The third-order valence-electron chi connectivity index (χ3n) is 3.13. The molecule has 0 aliphatic carbocycles. The number of anilines is 1. The number of carboxylic acids is 1. The van der Waals surface area contributed by atoms with E-state index in [0.29, 0.717) is 5.69 Å². The third-order valence-corrected chi connectivity index (χ3v) is 3.13. The summed E-state index contributed by atoms with van der Waals surface area (Å²) in [5.74, 6) is -1.00. The summed E-state index contributed by atoms with van der Waals surface area (Å²) >= 11 is 0. The molecule has 5 heteroatoms. The van der Waals surface area contributed by atoms with Crippen molar-refractivity contribution in [1.29, 1.82) is 0 Å². The Hall–Kier alpha value is -2.30. The molecule has 1 aromatic rings. The maximum atomic E-state index is 12.0. The third kappa shape index (κ3) is 4.76. The van der Waals surface area contributed by atoms with Crippen molar-refractivity contribution in [1.82, 2.24) is 4.90 Å². The van der Waals surface area contributed by atoms with Crippen LogP contribution in [0.3, 0.4) is 0 Å². The van der Waals surface area contributed by atoms with Crippen molar-refractivity contribution in [3.63, 3.8) is 0 Å². The fraction of sp³-hybridized carbons (Fsp3) is 0.333. The molecule has 2 amide bonds. The van der Waals surface area contributed by atoms with E-state index in [1.54, 1.807) is 36.2 Å². The van der Waals surface area contributed by atoms with Gasteiger partial charge in [0, 0.05) is 24.9 Å². The molecule has 0 bridgehead atoms. The molecule has 1 unspecified atom stereocenters. The highest BCUT2D eigenvalue weighted by Gasteiger charge is 2.13. The van der Waals surface area contributed by atoms with E-state index in [-0.39, 0.29) is 12.1 Å². The second-order valence-corrected chi connectivity index (χ2v) is 4.60. The summed E-state index contributed by atoms with van der Waals surface area (Å²) in [4.78, 5) is 24.1. The van der Waals surface area contributed by atoms with E-state index < -0.39 is 5.97 Å². The van der Waals surface area contributed by atoms with Crippen LogP contribution in [0.4, 0.5) is 10.5 Å². The lowest BCUT2D eigenvalue weighted by atomic mass is 10.2. The van der Waals surface area contributed by atoms with Gasteiger partial charge in [-0.05, 0) is 37.1 Å². The van der Waals surface area contributed by atoms with Gasteiger partial charge >= 0.3 is 12.0 Å². The number of rotatable bonds is 5. The topological polar surface area (TPSA) is 69.6 Å². The molecule has 2 N–H and O–H groups in total. The lowest BCUT2D eigenvalue weighted by molar-refractivity contribution is -0.131. The molecule has 0 heterocycles. The Kier molecular flexibility index (Phi) is 5.77. The number of hydrogen-bond donors (Lipinski definition) is 2. The van der Waals surface area contributed by atoms with Gasteiger partial charge in [-0.1, -0.05) is 19.1 Å². The van der Waals surface area contributed by atoms with Crippen LogP contribution in [0, 0.1) is 0 Å². The summed E-state index contributed by atoms with van der Waals surface area (Å²) < 4.78 is 0. The Morgan fingerprint density at radius 3 is 2.75 bits per heavy atom. The molecule has 0 radical (unpaired) electrons. The van der Waals surface area contributed by atoms with Crippen molar-refractivity contribution in [3.05, 3.63) is 35.9 Å². The smallest absolute Gasteiger partial charge is 0.328 e. The second kappa shape index (κ2) is 7.33. The minimum Gasteiger partial charge on any atom is -0.478 e. The van der Waals surface area contributed by atoms with Crippen LogP contribution < -0.4 is 5.32 Å². The van der Waals surface area contributed by atoms with Crippen molar-refractivity contribution in [3.8, 4) is 0 Å². The van der Waals surface area contributed by atoms with Crippen LogP contribution in [-0.2, 0) is 4.79 Å². The fourth-order valence-electron chi connectivity index (χ4n) is 1.57. The Bertz CT molecular complexity index is 512. The van der Waals surface area contributed by atoms with Crippen LogP contribution in [0.5, 0.6) is 0 Å². The maximum absolute atomic E-state index is 12.0. The number of carbonyl (C=O) groups excluding carboxylic acids is 1. The fourth-order valence-corrected chi connectivity index (χ4v) is 1.57. The molecule has 0 aromatic heterocycles. The van der Waals surface area contributed by atoms with Crippen molar-refractivity contribution >= 4 is 23.8 Å². The zero-order chi connectivity index (χ0) is 15.1.